The zero-order chi connectivity index (χ0) is 19.1. The van der Waals surface area contributed by atoms with Crippen molar-refractivity contribution in [3.63, 3.8) is 0 Å². The van der Waals surface area contributed by atoms with E-state index in [-0.39, 0.29) is 12.5 Å². The van der Waals surface area contributed by atoms with Crippen LogP contribution in [0.4, 0.5) is 11.4 Å². The van der Waals surface area contributed by atoms with E-state index in [4.69, 9.17) is 11.6 Å². The van der Waals surface area contributed by atoms with Gasteiger partial charge in [-0.3, -0.25) is 4.79 Å². The summed E-state index contributed by atoms with van der Waals surface area (Å²) in [6, 6.07) is 23.0. The number of halogens is 1. The van der Waals surface area contributed by atoms with Crippen LogP contribution < -0.4 is 10.6 Å². The van der Waals surface area contributed by atoms with Gasteiger partial charge in [0.05, 0.1) is 17.3 Å². The van der Waals surface area contributed by atoms with Gasteiger partial charge < -0.3 is 10.6 Å². The van der Waals surface area contributed by atoms with E-state index in [1.165, 1.54) is 0 Å². The molecule has 3 rings (SSSR count). The molecule has 4 heteroatoms. The van der Waals surface area contributed by atoms with Crippen molar-refractivity contribution in [2.24, 2.45) is 0 Å². The monoisotopic (exact) mass is 374 g/mol. The topological polar surface area (TPSA) is 41.1 Å². The van der Waals surface area contributed by atoms with E-state index in [0.29, 0.717) is 10.7 Å². The molecule has 0 unspecified atom stereocenters. The molecule has 0 fully saturated rings. The highest BCUT2D eigenvalue weighted by Crippen LogP contribution is 2.22. The fourth-order valence-electron chi connectivity index (χ4n) is 2.47. The highest BCUT2D eigenvalue weighted by atomic mass is 35.5. The average Bonchev–Trinajstić information content (AvgIpc) is 2.68. The molecule has 1 amide bonds. The van der Waals surface area contributed by atoms with Crippen LogP contribution in [0.3, 0.4) is 0 Å². The lowest BCUT2D eigenvalue weighted by Gasteiger charge is -2.10. The number of nitrogens with one attached hydrogen (secondary N) is 2. The van der Waals surface area contributed by atoms with Gasteiger partial charge in [-0.2, -0.15) is 0 Å². The number of anilines is 2. The third-order valence-corrected chi connectivity index (χ3v) is 4.15. The van der Waals surface area contributed by atoms with Gasteiger partial charge in [0.25, 0.3) is 0 Å². The molecule has 0 bridgehead atoms. The lowest BCUT2D eigenvalue weighted by atomic mass is 10.1. The summed E-state index contributed by atoms with van der Waals surface area (Å²) < 4.78 is 0. The molecule has 0 saturated heterocycles. The standard InChI is InChI=1S/C23H19ClN2O/c1-17-10-13-22(21(24)14-17)26-23(27)16-25-20-9-5-8-19(15-20)12-11-18-6-3-2-4-7-18/h2-10,13-15,25H,16H2,1H3,(H,26,27). The number of amides is 1. The van der Waals surface area contributed by atoms with Gasteiger partial charge in [-0.15, -0.1) is 0 Å². The normalized spacial score (nSPS) is 9.85. The highest BCUT2D eigenvalue weighted by molar-refractivity contribution is 6.33. The summed E-state index contributed by atoms with van der Waals surface area (Å²) >= 11 is 6.15. The minimum atomic E-state index is -0.165. The molecular formula is C23H19ClN2O. The lowest BCUT2D eigenvalue weighted by Crippen LogP contribution is -2.21. The van der Waals surface area contributed by atoms with E-state index >= 15 is 0 Å². The van der Waals surface area contributed by atoms with Crippen molar-refractivity contribution < 1.29 is 4.79 Å². The van der Waals surface area contributed by atoms with E-state index < -0.39 is 0 Å². The fourth-order valence-corrected chi connectivity index (χ4v) is 2.75. The molecule has 3 aromatic carbocycles. The molecule has 134 valence electrons. The number of rotatable bonds is 4. The van der Waals surface area contributed by atoms with Gasteiger partial charge in [0.15, 0.2) is 0 Å². The molecular weight excluding hydrogens is 356 g/mol. The Morgan fingerprint density at radius 2 is 1.67 bits per heavy atom. The summed E-state index contributed by atoms with van der Waals surface area (Å²) in [7, 11) is 0. The molecule has 3 nitrogen and oxygen atoms in total. The number of benzene rings is 3. The number of hydrogen-bond acceptors (Lipinski definition) is 2. The molecule has 0 spiro atoms. The van der Waals surface area contributed by atoms with Crippen LogP contribution in [-0.4, -0.2) is 12.5 Å². The Hall–Kier alpha value is -3.22. The number of carbonyl (C=O) groups excluding carboxylic acids is 1. The molecule has 2 N–H and O–H groups in total. The molecule has 0 aromatic heterocycles. The van der Waals surface area contributed by atoms with Crippen LogP contribution in [0.2, 0.25) is 5.02 Å². The van der Waals surface area contributed by atoms with Crippen molar-refractivity contribution in [2.75, 3.05) is 17.2 Å². The molecule has 0 aliphatic heterocycles. The summed E-state index contributed by atoms with van der Waals surface area (Å²) in [5.74, 6) is 6.09. The van der Waals surface area contributed by atoms with E-state index in [0.717, 1.165) is 22.4 Å². The maximum absolute atomic E-state index is 12.2. The molecule has 3 aromatic rings. The Bertz CT molecular complexity index is 1000. The number of aryl methyl sites for hydroxylation is 1. The van der Waals surface area contributed by atoms with Gasteiger partial charge in [0, 0.05) is 16.8 Å². The summed E-state index contributed by atoms with van der Waals surface area (Å²) in [5.41, 5.74) is 4.33. The Balaban J connectivity index is 1.60. The average molecular weight is 375 g/mol. The quantitative estimate of drug-likeness (QED) is 0.624. The van der Waals surface area contributed by atoms with Gasteiger partial charge in [-0.25, -0.2) is 0 Å². The fraction of sp³-hybridized carbons (Fsp3) is 0.0870. The second-order valence-electron chi connectivity index (χ2n) is 6.08. The first kappa shape index (κ1) is 18.6. The first-order chi connectivity index (χ1) is 13.1. The van der Waals surface area contributed by atoms with Crippen molar-refractivity contribution in [2.45, 2.75) is 6.92 Å². The Morgan fingerprint density at radius 3 is 2.44 bits per heavy atom. The molecule has 0 radical (unpaired) electrons. The maximum atomic E-state index is 12.2. The second kappa shape index (κ2) is 8.93. The molecule has 0 heterocycles. The molecule has 0 aliphatic rings. The van der Waals surface area contributed by atoms with E-state index in [9.17, 15) is 4.79 Å². The van der Waals surface area contributed by atoms with E-state index in [1.54, 1.807) is 6.07 Å². The van der Waals surface area contributed by atoms with Gasteiger partial charge in [-0.05, 0) is 55.0 Å². The van der Waals surface area contributed by atoms with Crippen molar-refractivity contribution in [3.05, 3.63) is 94.5 Å². The third-order valence-electron chi connectivity index (χ3n) is 3.84. The van der Waals surface area contributed by atoms with Crippen molar-refractivity contribution in [3.8, 4) is 11.8 Å². The Morgan fingerprint density at radius 1 is 0.926 bits per heavy atom. The van der Waals surface area contributed by atoms with E-state index in [1.807, 2.05) is 73.7 Å². The molecule has 27 heavy (non-hydrogen) atoms. The second-order valence-corrected chi connectivity index (χ2v) is 6.49. The van der Waals surface area contributed by atoms with Gasteiger partial charge >= 0.3 is 0 Å². The molecule has 0 saturated carbocycles. The minimum Gasteiger partial charge on any atom is -0.376 e. The highest BCUT2D eigenvalue weighted by Gasteiger charge is 2.06. The van der Waals surface area contributed by atoms with Gasteiger partial charge in [-0.1, -0.05) is 53.8 Å². The third kappa shape index (κ3) is 5.64. The molecule has 0 aliphatic carbocycles. The van der Waals surface area contributed by atoms with Crippen LogP contribution >= 0.6 is 11.6 Å². The number of carbonyl (C=O) groups is 1. The SMILES string of the molecule is Cc1ccc(NC(=O)CNc2cccc(C#Cc3ccccc3)c2)c(Cl)c1. The maximum Gasteiger partial charge on any atom is 0.243 e. The van der Waals surface area contributed by atoms with Gasteiger partial charge in [0.1, 0.15) is 0 Å². The first-order valence-corrected chi connectivity index (χ1v) is 8.95. The van der Waals surface area contributed by atoms with Crippen LogP contribution in [0.1, 0.15) is 16.7 Å². The molecule has 0 atom stereocenters. The van der Waals surface area contributed by atoms with Crippen LogP contribution in [0.25, 0.3) is 0 Å². The lowest BCUT2D eigenvalue weighted by molar-refractivity contribution is -0.114. The van der Waals surface area contributed by atoms with Crippen LogP contribution in [0.15, 0.2) is 72.8 Å². The van der Waals surface area contributed by atoms with Crippen LogP contribution in [0.5, 0.6) is 0 Å². The van der Waals surface area contributed by atoms with Crippen LogP contribution in [0, 0.1) is 18.8 Å². The minimum absolute atomic E-state index is 0.139. The smallest absolute Gasteiger partial charge is 0.243 e. The van der Waals surface area contributed by atoms with Crippen molar-refractivity contribution in [1.29, 1.82) is 0 Å². The van der Waals surface area contributed by atoms with E-state index in [2.05, 4.69) is 22.5 Å². The largest absolute Gasteiger partial charge is 0.376 e. The summed E-state index contributed by atoms with van der Waals surface area (Å²) in [4.78, 5) is 12.2. The number of hydrogen-bond donors (Lipinski definition) is 2. The predicted molar refractivity (Wildman–Crippen MR) is 112 cm³/mol. The Labute approximate surface area is 164 Å². The van der Waals surface area contributed by atoms with Crippen molar-refractivity contribution >= 4 is 28.9 Å². The Kier molecular flexibility index (Phi) is 6.14. The predicted octanol–water partition coefficient (Wildman–Crippen LogP) is 5.10. The zero-order valence-electron chi connectivity index (χ0n) is 14.9. The van der Waals surface area contributed by atoms with Crippen LogP contribution in [-0.2, 0) is 4.79 Å². The zero-order valence-corrected chi connectivity index (χ0v) is 15.7. The summed E-state index contributed by atoms with van der Waals surface area (Å²) in [6.07, 6.45) is 0. The van der Waals surface area contributed by atoms with Gasteiger partial charge in [0.2, 0.25) is 5.91 Å². The summed E-state index contributed by atoms with van der Waals surface area (Å²) in [6.45, 7) is 2.09. The van der Waals surface area contributed by atoms with Crippen molar-refractivity contribution in [1.82, 2.24) is 0 Å². The summed E-state index contributed by atoms with van der Waals surface area (Å²) in [5, 5.41) is 6.45. The first-order valence-electron chi connectivity index (χ1n) is 8.57.